The quantitative estimate of drug-likeness (QED) is 0.312. The SMILES string of the molecule is [B]c1ccc(NC(=O)c2cc(F)ccc2NC(=O)c2ccc(C(=N)N3CCCCC3)cc2)nc1. The van der Waals surface area contributed by atoms with Gasteiger partial charge in [-0.3, -0.25) is 15.0 Å². The van der Waals surface area contributed by atoms with Crippen LogP contribution in [0.5, 0.6) is 0 Å². The number of amidine groups is 1. The van der Waals surface area contributed by atoms with E-state index >= 15 is 0 Å². The topological polar surface area (TPSA) is 98.2 Å². The van der Waals surface area contributed by atoms with Gasteiger partial charge in [-0.1, -0.05) is 23.7 Å². The molecule has 0 bridgehead atoms. The number of hydrogen-bond acceptors (Lipinski definition) is 4. The van der Waals surface area contributed by atoms with Crippen LogP contribution < -0.4 is 16.1 Å². The monoisotopic (exact) mass is 455 g/mol. The summed E-state index contributed by atoms with van der Waals surface area (Å²) in [6, 6.07) is 13.4. The predicted octanol–water partition coefficient (Wildman–Crippen LogP) is 3.33. The maximum Gasteiger partial charge on any atom is 0.259 e. The van der Waals surface area contributed by atoms with Crippen molar-refractivity contribution in [2.45, 2.75) is 19.3 Å². The van der Waals surface area contributed by atoms with E-state index < -0.39 is 17.6 Å². The summed E-state index contributed by atoms with van der Waals surface area (Å²) < 4.78 is 13.9. The van der Waals surface area contributed by atoms with Crippen LogP contribution in [0.3, 0.4) is 0 Å². The Bertz CT molecular complexity index is 1210. The molecule has 7 nitrogen and oxygen atoms in total. The van der Waals surface area contributed by atoms with Crippen molar-refractivity contribution >= 4 is 42.5 Å². The van der Waals surface area contributed by atoms with Crippen LogP contribution in [0.1, 0.15) is 45.5 Å². The van der Waals surface area contributed by atoms with Gasteiger partial charge in [0.05, 0.1) is 11.3 Å². The van der Waals surface area contributed by atoms with Gasteiger partial charge >= 0.3 is 0 Å². The second kappa shape index (κ2) is 10.3. The standard InChI is InChI=1S/C25H23BFN5O2/c26-18-8-11-22(29-15-18)31-25(34)20-14-19(27)9-10-21(20)30-24(33)17-6-4-16(5-7-17)23(28)32-12-2-1-3-13-32/h4-11,14-15,28H,1-3,12-13H2,(H,30,33)(H,29,31,34). The molecule has 0 saturated carbocycles. The Balaban J connectivity index is 1.47. The Kier molecular flexibility index (Phi) is 7.01. The number of amides is 2. The zero-order chi connectivity index (χ0) is 24.1. The maximum absolute atomic E-state index is 13.9. The van der Waals surface area contributed by atoms with E-state index in [1.807, 2.05) is 4.90 Å². The van der Waals surface area contributed by atoms with Crippen molar-refractivity contribution in [1.82, 2.24) is 9.88 Å². The van der Waals surface area contributed by atoms with Crippen LogP contribution in [0.4, 0.5) is 15.9 Å². The zero-order valence-corrected chi connectivity index (χ0v) is 18.5. The second-order valence-corrected chi connectivity index (χ2v) is 8.05. The molecular formula is C25H23BFN5O2. The first-order chi connectivity index (χ1) is 16.4. The normalized spacial score (nSPS) is 13.3. The number of nitrogens with one attached hydrogen (secondary N) is 3. The van der Waals surface area contributed by atoms with Crippen LogP contribution in [0.15, 0.2) is 60.8 Å². The summed E-state index contributed by atoms with van der Waals surface area (Å²) in [6.45, 7) is 1.73. The number of anilines is 2. The number of hydrogen-bond donors (Lipinski definition) is 3. The number of carbonyl (C=O) groups excluding carboxylic acids is 2. The molecule has 3 N–H and O–H groups in total. The molecule has 170 valence electrons. The number of piperidine rings is 1. The molecule has 1 aliphatic rings. The number of carbonyl (C=O) groups is 2. The highest BCUT2D eigenvalue weighted by Crippen LogP contribution is 2.20. The molecule has 0 unspecified atom stereocenters. The molecule has 1 aromatic heterocycles. The van der Waals surface area contributed by atoms with Crippen molar-refractivity contribution in [3.05, 3.63) is 83.3 Å². The van der Waals surface area contributed by atoms with E-state index in [0.29, 0.717) is 16.9 Å². The molecular weight excluding hydrogens is 432 g/mol. The Morgan fingerprint density at radius 2 is 1.62 bits per heavy atom. The summed E-state index contributed by atoms with van der Waals surface area (Å²) in [5.74, 6) is -1.01. The van der Waals surface area contributed by atoms with E-state index in [1.54, 1.807) is 30.3 Å². The molecule has 3 aromatic rings. The van der Waals surface area contributed by atoms with Gasteiger partial charge in [-0.15, -0.1) is 0 Å². The largest absolute Gasteiger partial charge is 0.357 e. The van der Waals surface area contributed by atoms with Crippen LogP contribution in [-0.4, -0.2) is 48.5 Å². The van der Waals surface area contributed by atoms with E-state index in [4.69, 9.17) is 13.3 Å². The van der Waals surface area contributed by atoms with Crippen LogP contribution in [-0.2, 0) is 0 Å². The smallest absolute Gasteiger partial charge is 0.259 e. The molecule has 2 radical (unpaired) electrons. The van der Waals surface area contributed by atoms with Crippen LogP contribution in [0.2, 0.25) is 0 Å². The zero-order valence-electron chi connectivity index (χ0n) is 18.5. The molecule has 9 heteroatoms. The summed E-state index contributed by atoms with van der Waals surface area (Å²) in [5.41, 5.74) is 1.64. The highest BCUT2D eigenvalue weighted by Gasteiger charge is 2.18. The number of pyridine rings is 1. The van der Waals surface area contributed by atoms with E-state index in [1.165, 1.54) is 24.8 Å². The summed E-state index contributed by atoms with van der Waals surface area (Å²) >= 11 is 0. The summed E-state index contributed by atoms with van der Waals surface area (Å²) in [4.78, 5) is 31.6. The van der Waals surface area contributed by atoms with Crippen LogP contribution in [0, 0.1) is 11.2 Å². The number of nitrogens with zero attached hydrogens (tertiary/aromatic N) is 2. The fraction of sp³-hybridized carbons (Fsp3) is 0.200. The van der Waals surface area contributed by atoms with Gasteiger partial charge in [-0.05, 0) is 55.7 Å². The number of aromatic nitrogens is 1. The molecule has 2 aromatic carbocycles. The maximum atomic E-state index is 13.9. The fourth-order valence-corrected chi connectivity index (χ4v) is 3.75. The fourth-order valence-electron chi connectivity index (χ4n) is 3.75. The number of benzene rings is 2. The highest BCUT2D eigenvalue weighted by atomic mass is 19.1. The lowest BCUT2D eigenvalue weighted by Gasteiger charge is -2.29. The lowest BCUT2D eigenvalue weighted by Crippen LogP contribution is -2.35. The van der Waals surface area contributed by atoms with Crippen molar-refractivity contribution < 1.29 is 14.0 Å². The van der Waals surface area contributed by atoms with Gasteiger partial charge in [0.15, 0.2) is 0 Å². The third-order valence-corrected chi connectivity index (χ3v) is 5.60. The van der Waals surface area contributed by atoms with Crippen LogP contribution in [0.25, 0.3) is 0 Å². The molecule has 34 heavy (non-hydrogen) atoms. The summed E-state index contributed by atoms with van der Waals surface area (Å²) in [6.07, 6.45) is 4.72. The Labute approximate surface area is 198 Å². The molecule has 4 rings (SSSR count). The average molecular weight is 455 g/mol. The van der Waals surface area contributed by atoms with E-state index in [0.717, 1.165) is 43.6 Å². The van der Waals surface area contributed by atoms with E-state index in [9.17, 15) is 14.0 Å². The lowest BCUT2D eigenvalue weighted by atomic mass is 9.99. The molecule has 0 atom stereocenters. The molecule has 0 aliphatic carbocycles. The van der Waals surface area contributed by atoms with Crippen LogP contribution >= 0.6 is 0 Å². The highest BCUT2D eigenvalue weighted by molar-refractivity contribution is 6.32. The molecule has 2 heterocycles. The summed E-state index contributed by atoms with van der Waals surface area (Å²) in [5, 5.41) is 13.7. The van der Waals surface area contributed by atoms with Crippen molar-refractivity contribution in [2.75, 3.05) is 23.7 Å². The number of likely N-dealkylation sites (tertiary alicyclic amines) is 1. The van der Waals surface area contributed by atoms with Gasteiger partial charge in [0, 0.05) is 30.4 Å². The number of rotatable bonds is 5. The Morgan fingerprint density at radius 1 is 0.912 bits per heavy atom. The molecule has 2 amide bonds. The first-order valence-corrected chi connectivity index (χ1v) is 11.0. The van der Waals surface area contributed by atoms with Gasteiger partial charge < -0.3 is 15.5 Å². The summed E-state index contributed by atoms with van der Waals surface area (Å²) in [7, 11) is 5.60. The Hall–Kier alpha value is -4.01. The first kappa shape index (κ1) is 23.2. The van der Waals surface area contributed by atoms with Gasteiger partial charge in [-0.2, -0.15) is 0 Å². The Morgan fingerprint density at radius 3 is 2.29 bits per heavy atom. The third kappa shape index (κ3) is 5.48. The van der Waals surface area contributed by atoms with E-state index in [2.05, 4.69) is 15.6 Å². The first-order valence-electron chi connectivity index (χ1n) is 11.0. The van der Waals surface area contributed by atoms with Gasteiger partial charge in [0.2, 0.25) is 0 Å². The van der Waals surface area contributed by atoms with E-state index in [-0.39, 0.29) is 17.1 Å². The molecule has 0 spiro atoms. The number of halogens is 1. The van der Waals surface area contributed by atoms with Gasteiger partial charge in [-0.25, -0.2) is 9.37 Å². The minimum atomic E-state index is -0.627. The second-order valence-electron chi connectivity index (χ2n) is 8.05. The predicted molar refractivity (Wildman–Crippen MR) is 131 cm³/mol. The third-order valence-electron chi connectivity index (χ3n) is 5.60. The van der Waals surface area contributed by atoms with Gasteiger partial charge in [0.1, 0.15) is 25.3 Å². The molecule has 1 saturated heterocycles. The van der Waals surface area contributed by atoms with Gasteiger partial charge in [0.25, 0.3) is 11.8 Å². The minimum Gasteiger partial charge on any atom is -0.357 e. The molecule has 1 aliphatic heterocycles. The van der Waals surface area contributed by atoms with Crippen molar-refractivity contribution in [3.63, 3.8) is 0 Å². The molecule has 1 fully saturated rings. The average Bonchev–Trinajstić information content (AvgIpc) is 2.86. The van der Waals surface area contributed by atoms with Crippen molar-refractivity contribution in [2.24, 2.45) is 0 Å². The minimum absolute atomic E-state index is 0.0459. The van der Waals surface area contributed by atoms with Crippen molar-refractivity contribution in [1.29, 1.82) is 5.41 Å². The lowest BCUT2D eigenvalue weighted by molar-refractivity contribution is 0.102. The van der Waals surface area contributed by atoms with Crippen molar-refractivity contribution in [3.8, 4) is 0 Å².